The van der Waals surface area contributed by atoms with Crippen LogP contribution in [0.3, 0.4) is 0 Å². The van der Waals surface area contributed by atoms with Crippen molar-refractivity contribution in [3.8, 4) is 11.1 Å². The number of sulfone groups is 1. The van der Waals surface area contributed by atoms with E-state index in [0.717, 1.165) is 16.7 Å². The third-order valence-electron chi connectivity index (χ3n) is 4.67. The largest absolute Gasteiger partial charge is 0.428 e. The van der Waals surface area contributed by atoms with E-state index in [1.807, 2.05) is 42.2 Å². The monoisotopic (exact) mass is 383 g/mol. The molecule has 0 spiro atoms. The zero-order valence-corrected chi connectivity index (χ0v) is 15.9. The van der Waals surface area contributed by atoms with E-state index in [-0.39, 0.29) is 9.99 Å². The van der Waals surface area contributed by atoms with Gasteiger partial charge >= 0.3 is 0 Å². The van der Waals surface area contributed by atoms with Crippen LogP contribution in [-0.4, -0.2) is 34.7 Å². The lowest BCUT2D eigenvalue weighted by Gasteiger charge is -2.27. The molecule has 3 aromatic rings. The minimum atomic E-state index is -3.73. The number of furan rings is 1. The predicted octanol–water partition coefficient (Wildman–Crippen LogP) is 3.92. The highest BCUT2D eigenvalue weighted by Crippen LogP contribution is 2.38. The predicted molar refractivity (Wildman–Crippen MR) is 104 cm³/mol. The average Bonchev–Trinajstić information content (AvgIpc) is 3.16. The van der Waals surface area contributed by atoms with Crippen molar-refractivity contribution < 1.29 is 17.6 Å². The highest BCUT2D eigenvalue weighted by atomic mass is 32.2. The quantitative estimate of drug-likeness (QED) is 0.683. The summed E-state index contributed by atoms with van der Waals surface area (Å²) in [6.45, 7) is 4.44. The first-order valence-corrected chi connectivity index (χ1v) is 10.4. The fourth-order valence-electron chi connectivity index (χ4n) is 3.15. The Morgan fingerprint density at radius 2 is 1.59 bits per heavy atom. The number of ether oxygens (including phenoxy) is 1. The molecule has 0 saturated carbocycles. The molecule has 2 heterocycles. The molecule has 1 aliphatic rings. The maximum absolute atomic E-state index is 13.1. The molecule has 5 nitrogen and oxygen atoms in total. The molecular weight excluding hydrogens is 362 g/mol. The summed E-state index contributed by atoms with van der Waals surface area (Å²) < 4.78 is 37.5. The van der Waals surface area contributed by atoms with Gasteiger partial charge in [0, 0.05) is 24.7 Å². The van der Waals surface area contributed by atoms with Crippen molar-refractivity contribution in [3.63, 3.8) is 0 Å². The van der Waals surface area contributed by atoms with Crippen molar-refractivity contribution in [2.75, 3.05) is 31.2 Å². The van der Waals surface area contributed by atoms with Gasteiger partial charge in [0.1, 0.15) is 0 Å². The van der Waals surface area contributed by atoms with Crippen LogP contribution < -0.4 is 4.90 Å². The molecule has 0 aliphatic carbocycles. The number of hydrogen-bond donors (Lipinski definition) is 0. The van der Waals surface area contributed by atoms with E-state index in [2.05, 4.69) is 0 Å². The Balaban J connectivity index is 1.82. The second-order valence-electron chi connectivity index (χ2n) is 6.57. The van der Waals surface area contributed by atoms with E-state index in [4.69, 9.17) is 9.15 Å². The Bertz CT molecular complexity index is 1020. The lowest BCUT2D eigenvalue weighted by atomic mass is 10.1. The molecule has 1 aromatic heterocycles. The smallest absolute Gasteiger partial charge is 0.239 e. The normalized spacial score (nSPS) is 15.1. The summed E-state index contributed by atoms with van der Waals surface area (Å²) in [5.41, 5.74) is 2.71. The van der Waals surface area contributed by atoms with Crippen molar-refractivity contribution in [2.24, 2.45) is 0 Å². The maximum Gasteiger partial charge on any atom is 0.239 e. The number of hydrogen-bond acceptors (Lipinski definition) is 5. The molecule has 6 heteroatoms. The lowest BCUT2D eigenvalue weighted by molar-refractivity contribution is 0.120. The molecule has 0 amide bonds. The molecule has 0 atom stereocenters. The van der Waals surface area contributed by atoms with Gasteiger partial charge in [-0.1, -0.05) is 48.0 Å². The van der Waals surface area contributed by atoms with Gasteiger partial charge < -0.3 is 14.1 Å². The third-order valence-corrected chi connectivity index (χ3v) is 6.29. The van der Waals surface area contributed by atoms with Gasteiger partial charge in [-0.15, -0.1) is 0 Å². The molecule has 0 unspecified atom stereocenters. The molecule has 1 aliphatic heterocycles. The number of aryl methyl sites for hydroxylation is 1. The van der Waals surface area contributed by atoms with E-state index in [1.54, 1.807) is 30.3 Å². The Labute approximate surface area is 159 Å². The molecule has 4 rings (SSSR count). The minimum absolute atomic E-state index is 0.0355. The number of anilines is 1. The van der Waals surface area contributed by atoms with Gasteiger partial charge in [0.15, 0.2) is 0 Å². The van der Waals surface area contributed by atoms with Crippen LogP contribution in [-0.2, 0) is 14.6 Å². The number of benzene rings is 2. The second-order valence-corrected chi connectivity index (χ2v) is 8.45. The molecular formula is C21H21NO4S. The lowest BCUT2D eigenvalue weighted by Crippen LogP contribution is -2.36. The van der Waals surface area contributed by atoms with Crippen LogP contribution in [0, 0.1) is 6.92 Å². The van der Waals surface area contributed by atoms with Crippen LogP contribution in [0.4, 0.5) is 5.88 Å². The van der Waals surface area contributed by atoms with Crippen molar-refractivity contribution in [3.05, 3.63) is 66.2 Å². The van der Waals surface area contributed by atoms with Gasteiger partial charge in [0.2, 0.25) is 20.8 Å². The molecule has 0 radical (unpaired) electrons. The van der Waals surface area contributed by atoms with Gasteiger partial charge in [-0.25, -0.2) is 8.42 Å². The number of morpholine rings is 1. The van der Waals surface area contributed by atoms with Crippen LogP contribution in [0.15, 0.2) is 75.1 Å². The van der Waals surface area contributed by atoms with Crippen molar-refractivity contribution in [1.29, 1.82) is 0 Å². The van der Waals surface area contributed by atoms with Gasteiger partial charge in [-0.05, 0) is 24.6 Å². The first kappa shape index (κ1) is 17.8. The number of rotatable bonds is 4. The summed E-state index contributed by atoms with van der Waals surface area (Å²) in [5.74, 6) is 0.579. The number of nitrogens with zero attached hydrogens (tertiary/aromatic N) is 1. The highest BCUT2D eigenvalue weighted by Gasteiger charge is 2.28. The van der Waals surface area contributed by atoms with Crippen molar-refractivity contribution in [2.45, 2.75) is 16.9 Å². The fourth-order valence-corrected chi connectivity index (χ4v) is 4.34. The van der Waals surface area contributed by atoms with Gasteiger partial charge in [-0.3, -0.25) is 0 Å². The molecule has 27 heavy (non-hydrogen) atoms. The van der Waals surface area contributed by atoms with Crippen LogP contribution in [0.25, 0.3) is 11.1 Å². The molecule has 140 valence electrons. The Hall–Kier alpha value is -2.57. The first-order valence-electron chi connectivity index (χ1n) is 8.89. The van der Waals surface area contributed by atoms with E-state index >= 15 is 0 Å². The second kappa shape index (κ2) is 7.21. The summed E-state index contributed by atoms with van der Waals surface area (Å²) in [4.78, 5) is 2.27. The SMILES string of the molecule is Cc1ccc(S(=O)(=O)c2cc(-c3ccccc3)c(N3CCOCC3)o2)cc1. The van der Waals surface area contributed by atoms with Crippen LogP contribution >= 0.6 is 0 Å². The summed E-state index contributed by atoms with van der Waals surface area (Å²) in [7, 11) is -3.73. The zero-order valence-electron chi connectivity index (χ0n) is 15.1. The van der Waals surface area contributed by atoms with Gasteiger partial charge in [0.05, 0.1) is 18.1 Å². The fraction of sp³-hybridized carbons (Fsp3) is 0.238. The Morgan fingerprint density at radius 3 is 2.26 bits per heavy atom. The van der Waals surface area contributed by atoms with E-state index in [1.165, 1.54) is 0 Å². The van der Waals surface area contributed by atoms with Crippen LogP contribution in [0.1, 0.15) is 5.56 Å². The Kier molecular flexibility index (Phi) is 4.76. The van der Waals surface area contributed by atoms with Gasteiger partial charge in [-0.2, -0.15) is 0 Å². The standard InChI is InChI=1S/C21H21NO4S/c1-16-7-9-18(10-8-16)27(23,24)20-15-19(17-5-3-2-4-6-17)21(26-20)22-11-13-25-14-12-22/h2-10,15H,11-14H2,1H3. The molecule has 0 N–H and O–H groups in total. The summed E-state index contributed by atoms with van der Waals surface area (Å²) in [6, 6.07) is 18.1. The molecule has 0 bridgehead atoms. The zero-order chi connectivity index (χ0) is 18.9. The van der Waals surface area contributed by atoms with E-state index < -0.39 is 9.84 Å². The summed E-state index contributed by atoms with van der Waals surface area (Å²) in [6.07, 6.45) is 0. The van der Waals surface area contributed by atoms with E-state index in [0.29, 0.717) is 32.2 Å². The summed E-state index contributed by atoms with van der Waals surface area (Å²) in [5, 5.41) is -0.0355. The molecule has 1 saturated heterocycles. The Morgan fingerprint density at radius 1 is 0.926 bits per heavy atom. The molecule has 2 aromatic carbocycles. The van der Waals surface area contributed by atoms with Crippen LogP contribution in [0.5, 0.6) is 0 Å². The maximum atomic E-state index is 13.1. The van der Waals surface area contributed by atoms with E-state index in [9.17, 15) is 8.42 Å². The first-order chi connectivity index (χ1) is 13.1. The average molecular weight is 383 g/mol. The molecule has 1 fully saturated rings. The summed E-state index contributed by atoms with van der Waals surface area (Å²) >= 11 is 0. The van der Waals surface area contributed by atoms with Crippen molar-refractivity contribution in [1.82, 2.24) is 0 Å². The van der Waals surface area contributed by atoms with Gasteiger partial charge in [0.25, 0.3) is 0 Å². The topological polar surface area (TPSA) is 59.8 Å². The minimum Gasteiger partial charge on any atom is -0.428 e. The van der Waals surface area contributed by atoms with Crippen LogP contribution in [0.2, 0.25) is 0 Å². The van der Waals surface area contributed by atoms with Crippen molar-refractivity contribution >= 4 is 15.7 Å². The third kappa shape index (κ3) is 3.50. The highest BCUT2D eigenvalue weighted by molar-refractivity contribution is 7.91.